The van der Waals surface area contributed by atoms with Crippen molar-refractivity contribution < 1.29 is 4.74 Å². The van der Waals surface area contributed by atoms with Crippen LogP contribution in [0.1, 0.15) is 34.1 Å². The number of nitrogens with one attached hydrogen (secondary N) is 1. The Morgan fingerprint density at radius 1 is 1.09 bits per heavy atom. The molecule has 1 fully saturated rings. The third-order valence-corrected chi connectivity index (χ3v) is 6.03. The number of nitrogens with zero attached hydrogens (tertiary/aromatic N) is 5. The van der Waals surface area contributed by atoms with E-state index in [0.29, 0.717) is 44.2 Å². The maximum atomic E-state index is 13.3. The Bertz CT molecular complexity index is 1290. The maximum absolute atomic E-state index is 13.3. The largest absolute Gasteiger partial charge is 0.379 e. The summed E-state index contributed by atoms with van der Waals surface area (Å²) in [6.07, 6.45) is 0. The molecule has 3 heterocycles. The molecule has 1 aliphatic rings. The first-order chi connectivity index (χ1) is 15.6. The number of rotatable bonds is 5. The fourth-order valence-corrected chi connectivity index (χ4v) is 4.50. The predicted octanol–water partition coefficient (Wildman–Crippen LogP) is 2.60. The first-order valence-electron chi connectivity index (χ1n) is 10.9. The smallest absolute Gasteiger partial charge is 0.253 e. The van der Waals surface area contributed by atoms with Gasteiger partial charge in [0.05, 0.1) is 19.8 Å². The lowest BCUT2D eigenvalue weighted by molar-refractivity contribution is 0.0214. The molecule has 0 bridgehead atoms. The monoisotopic (exact) mass is 430 g/mol. The molecule has 5 rings (SSSR count). The Morgan fingerprint density at radius 2 is 1.88 bits per heavy atom. The normalized spacial score (nSPS) is 15.8. The van der Waals surface area contributed by atoms with Crippen molar-refractivity contribution in [1.29, 1.82) is 0 Å². The Hall–Kier alpha value is -3.36. The molecule has 0 unspecified atom stereocenters. The average molecular weight is 431 g/mol. The van der Waals surface area contributed by atoms with Gasteiger partial charge in [-0.3, -0.25) is 9.69 Å². The van der Waals surface area contributed by atoms with Gasteiger partial charge in [-0.1, -0.05) is 36.4 Å². The highest BCUT2D eigenvalue weighted by Crippen LogP contribution is 2.29. The average Bonchev–Trinajstić information content (AvgIpc) is 3.23. The second-order valence-corrected chi connectivity index (χ2v) is 8.33. The number of morpholine rings is 1. The van der Waals surface area contributed by atoms with E-state index in [2.05, 4.69) is 38.4 Å². The summed E-state index contributed by atoms with van der Waals surface area (Å²) in [4.78, 5) is 18.6. The molecule has 1 aliphatic heterocycles. The van der Waals surface area contributed by atoms with E-state index in [0.717, 1.165) is 27.6 Å². The molecule has 32 heavy (non-hydrogen) atoms. The summed E-state index contributed by atoms with van der Waals surface area (Å²) in [7, 11) is 0. The molecule has 8 nitrogen and oxygen atoms in total. The summed E-state index contributed by atoms with van der Waals surface area (Å²) < 4.78 is 7.37. The van der Waals surface area contributed by atoms with Gasteiger partial charge in [0.1, 0.15) is 6.04 Å². The molecule has 4 aromatic rings. The van der Waals surface area contributed by atoms with Crippen LogP contribution >= 0.6 is 0 Å². The van der Waals surface area contributed by atoms with Gasteiger partial charge in [0.15, 0.2) is 5.82 Å². The summed E-state index contributed by atoms with van der Waals surface area (Å²) >= 11 is 0. The number of aromatic amines is 1. The number of aromatic nitrogens is 5. The van der Waals surface area contributed by atoms with Crippen LogP contribution in [-0.2, 0) is 11.3 Å². The highest BCUT2D eigenvalue weighted by atomic mass is 16.5. The second-order valence-electron chi connectivity index (χ2n) is 8.33. The maximum Gasteiger partial charge on any atom is 0.253 e. The fraction of sp³-hybridized carbons (Fsp3) is 0.333. The van der Waals surface area contributed by atoms with Gasteiger partial charge in [-0.15, -0.1) is 5.10 Å². The summed E-state index contributed by atoms with van der Waals surface area (Å²) in [5, 5.41) is 13.7. The van der Waals surface area contributed by atoms with Gasteiger partial charge >= 0.3 is 0 Å². The molecule has 0 amide bonds. The lowest BCUT2D eigenvalue weighted by Crippen LogP contribution is -2.42. The van der Waals surface area contributed by atoms with Crippen LogP contribution in [0.5, 0.6) is 0 Å². The van der Waals surface area contributed by atoms with Crippen LogP contribution in [0.25, 0.3) is 10.9 Å². The predicted molar refractivity (Wildman–Crippen MR) is 122 cm³/mol. The van der Waals surface area contributed by atoms with Crippen LogP contribution in [0.4, 0.5) is 0 Å². The van der Waals surface area contributed by atoms with E-state index in [1.807, 2.05) is 49.4 Å². The summed E-state index contributed by atoms with van der Waals surface area (Å²) in [5.74, 6) is 0.658. The SMILES string of the molecule is Cc1cc(C)c2cc([C@@H](c3nnnn3Cc3ccccc3)N3CCOCC3)c(=O)[nH]c2c1. The number of tetrazole rings is 1. The van der Waals surface area contributed by atoms with E-state index in [4.69, 9.17) is 4.74 Å². The number of aryl methyl sites for hydroxylation is 2. The minimum Gasteiger partial charge on any atom is -0.379 e. The number of ether oxygens (including phenoxy) is 1. The molecular formula is C24H26N6O2. The highest BCUT2D eigenvalue weighted by Gasteiger charge is 2.31. The summed E-state index contributed by atoms with van der Waals surface area (Å²) in [6.45, 7) is 7.27. The van der Waals surface area contributed by atoms with Crippen LogP contribution in [0.15, 0.2) is 53.3 Å². The standard InChI is InChI=1S/C24H26N6O2/c1-16-12-17(2)19-14-20(24(31)25-21(19)13-16)22(29-8-10-32-11-9-29)23-26-27-28-30(23)15-18-6-4-3-5-7-18/h3-7,12-14,22H,8-11,15H2,1-2H3,(H,25,31)/t22-/m0/s1. The molecule has 0 saturated carbocycles. The van der Waals surface area contributed by atoms with Crippen molar-refractivity contribution in [2.45, 2.75) is 26.4 Å². The molecule has 0 aliphatic carbocycles. The second kappa shape index (κ2) is 8.64. The number of H-pyrrole nitrogens is 1. The van der Waals surface area contributed by atoms with Crippen LogP contribution < -0.4 is 5.56 Å². The topological polar surface area (TPSA) is 88.9 Å². The van der Waals surface area contributed by atoms with Gasteiger partial charge in [-0.25, -0.2) is 4.68 Å². The Morgan fingerprint density at radius 3 is 2.66 bits per heavy atom. The molecule has 0 spiro atoms. The van der Waals surface area contributed by atoms with Crippen molar-refractivity contribution in [3.63, 3.8) is 0 Å². The van der Waals surface area contributed by atoms with Crippen LogP contribution in [0.2, 0.25) is 0 Å². The zero-order valence-corrected chi connectivity index (χ0v) is 18.3. The third-order valence-electron chi connectivity index (χ3n) is 6.03. The Kier molecular flexibility index (Phi) is 5.55. The van der Waals surface area contributed by atoms with E-state index in [1.165, 1.54) is 0 Å². The highest BCUT2D eigenvalue weighted by molar-refractivity contribution is 5.83. The van der Waals surface area contributed by atoms with Crippen molar-refractivity contribution in [3.8, 4) is 0 Å². The van der Waals surface area contributed by atoms with E-state index in [1.54, 1.807) is 4.68 Å². The quantitative estimate of drug-likeness (QED) is 0.524. The molecule has 0 radical (unpaired) electrons. The summed E-state index contributed by atoms with van der Waals surface area (Å²) in [6, 6.07) is 15.9. The minimum atomic E-state index is -0.369. The fourth-order valence-electron chi connectivity index (χ4n) is 4.50. The van der Waals surface area contributed by atoms with Gasteiger partial charge in [0, 0.05) is 29.6 Å². The van der Waals surface area contributed by atoms with Gasteiger partial charge in [0.25, 0.3) is 5.56 Å². The molecule has 8 heteroatoms. The number of hydrogen-bond donors (Lipinski definition) is 1. The molecular weight excluding hydrogens is 404 g/mol. The first-order valence-corrected chi connectivity index (χ1v) is 10.9. The van der Waals surface area contributed by atoms with Crippen LogP contribution in [0, 0.1) is 13.8 Å². The van der Waals surface area contributed by atoms with Crippen molar-refractivity contribution in [2.24, 2.45) is 0 Å². The van der Waals surface area contributed by atoms with Gasteiger partial charge in [0.2, 0.25) is 0 Å². The third kappa shape index (κ3) is 3.94. The van der Waals surface area contributed by atoms with E-state index in [9.17, 15) is 4.79 Å². The number of hydrogen-bond acceptors (Lipinski definition) is 6. The van der Waals surface area contributed by atoms with Crippen LogP contribution in [0.3, 0.4) is 0 Å². The molecule has 164 valence electrons. The van der Waals surface area contributed by atoms with Crippen LogP contribution in [-0.4, -0.2) is 56.4 Å². The van der Waals surface area contributed by atoms with E-state index in [-0.39, 0.29) is 11.6 Å². The van der Waals surface area contributed by atoms with E-state index < -0.39 is 0 Å². The van der Waals surface area contributed by atoms with Crippen molar-refractivity contribution in [1.82, 2.24) is 30.1 Å². The molecule has 2 aromatic carbocycles. The number of pyridine rings is 1. The lowest BCUT2D eigenvalue weighted by Gasteiger charge is -2.33. The Balaban J connectivity index is 1.64. The lowest BCUT2D eigenvalue weighted by atomic mass is 9.99. The molecule has 1 N–H and O–H groups in total. The van der Waals surface area contributed by atoms with Gasteiger partial charge in [-0.2, -0.15) is 0 Å². The van der Waals surface area contributed by atoms with Crippen molar-refractivity contribution >= 4 is 10.9 Å². The number of benzene rings is 2. The zero-order chi connectivity index (χ0) is 22.1. The first kappa shape index (κ1) is 20.5. The number of fused-ring (bicyclic) bond motifs is 1. The summed E-state index contributed by atoms with van der Waals surface area (Å²) in [5.41, 5.74) is 4.72. The molecule has 1 saturated heterocycles. The van der Waals surface area contributed by atoms with Gasteiger partial charge < -0.3 is 9.72 Å². The molecule has 1 atom stereocenters. The Labute approximate surface area is 185 Å². The molecule has 2 aromatic heterocycles. The van der Waals surface area contributed by atoms with E-state index >= 15 is 0 Å². The van der Waals surface area contributed by atoms with Crippen molar-refractivity contribution in [3.05, 3.63) is 87.0 Å². The van der Waals surface area contributed by atoms with Crippen molar-refractivity contribution in [2.75, 3.05) is 26.3 Å². The zero-order valence-electron chi connectivity index (χ0n) is 18.3. The van der Waals surface area contributed by atoms with Gasteiger partial charge in [-0.05, 0) is 53.1 Å². The minimum absolute atomic E-state index is 0.117.